The monoisotopic (exact) mass is 250 g/mol. The molecule has 18 heavy (non-hydrogen) atoms. The van der Waals surface area contributed by atoms with Crippen molar-refractivity contribution in [2.24, 2.45) is 0 Å². The Morgan fingerprint density at radius 1 is 1.50 bits per heavy atom. The maximum Gasteiger partial charge on any atom is 0.253 e. The molecular weight excluding hydrogens is 232 g/mol. The number of nitrogen functional groups attached to an aromatic ring is 1. The summed E-state index contributed by atoms with van der Waals surface area (Å²) in [6.07, 6.45) is -0.0747. The van der Waals surface area contributed by atoms with Crippen molar-refractivity contribution in [3.05, 3.63) is 29.3 Å². The van der Waals surface area contributed by atoms with E-state index in [9.17, 15) is 4.79 Å². The summed E-state index contributed by atoms with van der Waals surface area (Å²) < 4.78 is 10.7. The van der Waals surface area contributed by atoms with Crippen LogP contribution >= 0.6 is 0 Å². The molecule has 0 radical (unpaired) electrons. The molecule has 5 nitrogen and oxygen atoms in total. The molecule has 1 atom stereocenters. The topological polar surface area (TPSA) is 73.6 Å². The number of rotatable bonds is 3. The predicted molar refractivity (Wildman–Crippen MR) is 68.5 cm³/mol. The standard InChI is InChI=1S/C13H18N2O3/c1-9-2-3-11(12(14)6-9)13(16)15-7-10-8-17-4-5-18-10/h2-3,6,10H,4-5,7-8,14H2,1H3,(H,15,16). The third-order valence-corrected chi connectivity index (χ3v) is 2.83. The fourth-order valence-corrected chi connectivity index (χ4v) is 1.85. The van der Waals surface area contributed by atoms with Crippen LogP contribution in [0.4, 0.5) is 5.69 Å². The van der Waals surface area contributed by atoms with Crippen LogP contribution in [-0.4, -0.2) is 38.4 Å². The second kappa shape index (κ2) is 5.84. The summed E-state index contributed by atoms with van der Waals surface area (Å²) in [6.45, 7) is 4.09. The Morgan fingerprint density at radius 2 is 2.33 bits per heavy atom. The van der Waals surface area contributed by atoms with E-state index < -0.39 is 0 Å². The van der Waals surface area contributed by atoms with Crippen LogP contribution in [0.1, 0.15) is 15.9 Å². The number of carbonyl (C=O) groups is 1. The molecule has 0 aliphatic carbocycles. The van der Waals surface area contributed by atoms with E-state index in [1.165, 1.54) is 0 Å². The Morgan fingerprint density at radius 3 is 3.00 bits per heavy atom. The summed E-state index contributed by atoms with van der Waals surface area (Å²) in [5, 5.41) is 2.81. The average Bonchev–Trinajstić information content (AvgIpc) is 2.37. The van der Waals surface area contributed by atoms with Gasteiger partial charge in [-0.2, -0.15) is 0 Å². The summed E-state index contributed by atoms with van der Waals surface area (Å²) in [6, 6.07) is 5.39. The highest BCUT2D eigenvalue weighted by Crippen LogP contribution is 2.13. The van der Waals surface area contributed by atoms with Crippen LogP contribution in [0.25, 0.3) is 0 Å². The van der Waals surface area contributed by atoms with Gasteiger partial charge in [-0.05, 0) is 24.6 Å². The SMILES string of the molecule is Cc1ccc(C(=O)NCC2COCCO2)c(N)c1. The maximum atomic E-state index is 11.9. The van der Waals surface area contributed by atoms with Crippen molar-refractivity contribution in [3.8, 4) is 0 Å². The molecule has 1 unspecified atom stereocenters. The van der Waals surface area contributed by atoms with E-state index in [-0.39, 0.29) is 12.0 Å². The van der Waals surface area contributed by atoms with Gasteiger partial charge in [-0.1, -0.05) is 6.07 Å². The molecule has 3 N–H and O–H groups in total. The van der Waals surface area contributed by atoms with Crippen LogP contribution in [-0.2, 0) is 9.47 Å². The second-order valence-corrected chi connectivity index (χ2v) is 4.37. The zero-order valence-corrected chi connectivity index (χ0v) is 10.4. The number of nitrogens with two attached hydrogens (primary N) is 1. The number of hydrogen-bond donors (Lipinski definition) is 2. The minimum atomic E-state index is -0.179. The molecule has 98 valence electrons. The summed E-state index contributed by atoms with van der Waals surface area (Å²) in [4.78, 5) is 11.9. The number of hydrogen-bond acceptors (Lipinski definition) is 4. The van der Waals surface area contributed by atoms with Gasteiger partial charge in [0.25, 0.3) is 5.91 Å². The Kier molecular flexibility index (Phi) is 4.17. The van der Waals surface area contributed by atoms with Crippen LogP contribution in [0.2, 0.25) is 0 Å². The number of anilines is 1. The molecule has 1 aromatic rings. The van der Waals surface area contributed by atoms with E-state index >= 15 is 0 Å². The zero-order chi connectivity index (χ0) is 13.0. The van der Waals surface area contributed by atoms with Crippen LogP contribution in [0, 0.1) is 6.92 Å². The largest absolute Gasteiger partial charge is 0.398 e. The molecule has 1 amide bonds. The van der Waals surface area contributed by atoms with Crippen LogP contribution in [0.15, 0.2) is 18.2 Å². The first-order valence-electron chi connectivity index (χ1n) is 6.00. The van der Waals surface area contributed by atoms with Crippen molar-refractivity contribution in [2.45, 2.75) is 13.0 Å². The van der Waals surface area contributed by atoms with Gasteiger partial charge >= 0.3 is 0 Å². The van der Waals surface area contributed by atoms with Crippen LogP contribution in [0.5, 0.6) is 0 Å². The Bertz CT molecular complexity index is 428. The van der Waals surface area contributed by atoms with Crippen LogP contribution in [0.3, 0.4) is 0 Å². The Balaban J connectivity index is 1.90. The summed E-state index contributed by atoms with van der Waals surface area (Å²) in [5.74, 6) is -0.179. The van der Waals surface area contributed by atoms with Crippen molar-refractivity contribution in [1.29, 1.82) is 0 Å². The van der Waals surface area contributed by atoms with Gasteiger partial charge in [0, 0.05) is 12.2 Å². The molecule has 1 aliphatic rings. The molecule has 1 saturated heterocycles. The lowest BCUT2D eigenvalue weighted by molar-refractivity contribution is -0.0855. The first-order chi connectivity index (χ1) is 8.66. The number of aryl methyl sites for hydroxylation is 1. The van der Waals surface area contributed by atoms with Crippen molar-refractivity contribution in [1.82, 2.24) is 5.32 Å². The predicted octanol–water partition coefficient (Wildman–Crippen LogP) is 0.722. The smallest absolute Gasteiger partial charge is 0.253 e. The van der Waals surface area contributed by atoms with Crippen molar-refractivity contribution in [2.75, 3.05) is 32.1 Å². The minimum Gasteiger partial charge on any atom is -0.398 e. The molecule has 0 spiro atoms. The lowest BCUT2D eigenvalue weighted by Gasteiger charge is -2.23. The lowest BCUT2D eigenvalue weighted by Crippen LogP contribution is -2.39. The average molecular weight is 250 g/mol. The van der Waals surface area contributed by atoms with E-state index in [0.717, 1.165) is 5.56 Å². The van der Waals surface area contributed by atoms with Crippen molar-refractivity contribution >= 4 is 11.6 Å². The van der Waals surface area contributed by atoms with Gasteiger partial charge < -0.3 is 20.5 Å². The Hall–Kier alpha value is -1.59. The third-order valence-electron chi connectivity index (χ3n) is 2.83. The van der Waals surface area contributed by atoms with Crippen molar-refractivity contribution < 1.29 is 14.3 Å². The molecule has 2 rings (SSSR count). The van der Waals surface area contributed by atoms with Gasteiger partial charge in [0.2, 0.25) is 0 Å². The number of carbonyl (C=O) groups excluding carboxylic acids is 1. The lowest BCUT2D eigenvalue weighted by atomic mass is 10.1. The molecule has 1 fully saturated rings. The van der Waals surface area contributed by atoms with Crippen LogP contribution < -0.4 is 11.1 Å². The fraction of sp³-hybridized carbons (Fsp3) is 0.462. The summed E-state index contributed by atoms with van der Waals surface area (Å²) in [7, 11) is 0. The highest BCUT2D eigenvalue weighted by atomic mass is 16.6. The van der Waals surface area contributed by atoms with Gasteiger partial charge in [0.1, 0.15) is 0 Å². The number of ether oxygens (including phenoxy) is 2. The third kappa shape index (κ3) is 3.21. The van der Waals surface area contributed by atoms with Gasteiger partial charge in [0.05, 0.1) is 31.5 Å². The fourth-order valence-electron chi connectivity index (χ4n) is 1.85. The number of amides is 1. The molecule has 1 aromatic carbocycles. The van der Waals surface area contributed by atoms with E-state index in [1.54, 1.807) is 12.1 Å². The van der Waals surface area contributed by atoms with Crippen molar-refractivity contribution in [3.63, 3.8) is 0 Å². The zero-order valence-electron chi connectivity index (χ0n) is 10.4. The molecule has 0 bridgehead atoms. The molecule has 1 aliphatic heterocycles. The van der Waals surface area contributed by atoms with Gasteiger partial charge in [0.15, 0.2) is 0 Å². The number of nitrogens with one attached hydrogen (secondary N) is 1. The normalized spacial score (nSPS) is 19.5. The van der Waals surface area contributed by atoms with Gasteiger partial charge in [-0.15, -0.1) is 0 Å². The Labute approximate surface area is 106 Å². The van der Waals surface area contributed by atoms with E-state index in [0.29, 0.717) is 37.6 Å². The number of benzene rings is 1. The molecular formula is C13H18N2O3. The summed E-state index contributed by atoms with van der Waals surface area (Å²) >= 11 is 0. The molecule has 5 heteroatoms. The summed E-state index contributed by atoms with van der Waals surface area (Å²) in [5.41, 5.74) is 7.84. The highest BCUT2D eigenvalue weighted by molar-refractivity contribution is 5.99. The van der Waals surface area contributed by atoms with E-state index in [1.807, 2.05) is 13.0 Å². The van der Waals surface area contributed by atoms with E-state index in [4.69, 9.17) is 15.2 Å². The van der Waals surface area contributed by atoms with E-state index in [2.05, 4.69) is 5.32 Å². The quantitative estimate of drug-likeness (QED) is 0.775. The molecule has 0 aromatic heterocycles. The molecule has 1 heterocycles. The maximum absolute atomic E-state index is 11.9. The van der Waals surface area contributed by atoms with Gasteiger partial charge in [-0.25, -0.2) is 0 Å². The highest BCUT2D eigenvalue weighted by Gasteiger charge is 2.16. The minimum absolute atomic E-state index is 0.0747. The van der Waals surface area contributed by atoms with Gasteiger partial charge in [-0.3, -0.25) is 4.79 Å². The second-order valence-electron chi connectivity index (χ2n) is 4.37. The first kappa shape index (κ1) is 12.9. The first-order valence-corrected chi connectivity index (χ1v) is 6.00. The molecule has 0 saturated carbocycles.